The molecule has 0 atom stereocenters. The van der Waals surface area contributed by atoms with Crippen LogP contribution in [0.1, 0.15) is 22.5 Å². The van der Waals surface area contributed by atoms with Crippen LogP contribution in [0.25, 0.3) is 17.0 Å². The molecule has 3 N–H and O–H groups in total. The molecule has 2 amide bonds. The van der Waals surface area contributed by atoms with Gasteiger partial charge < -0.3 is 24.7 Å². The van der Waals surface area contributed by atoms with Crippen molar-refractivity contribution in [2.45, 2.75) is 6.42 Å². The Morgan fingerprint density at radius 1 is 1.22 bits per heavy atom. The predicted molar refractivity (Wildman–Crippen MR) is 102 cm³/mol. The van der Waals surface area contributed by atoms with E-state index >= 15 is 0 Å². The first-order valence-electron chi connectivity index (χ1n) is 8.60. The van der Waals surface area contributed by atoms with Gasteiger partial charge in [0.25, 0.3) is 11.8 Å². The number of aryl methyl sites for hydroxylation is 1. The van der Waals surface area contributed by atoms with E-state index in [4.69, 9.17) is 9.52 Å². The van der Waals surface area contributed by atoms with Crippen molar-refractivity contribution in [2.75, 3.05) is 13.2 Å². The molecule has 1 aromatic carbocycles. The van der Waals surface area contributed by atoms with Crippen molar-refractivity contribution in [1.82, 2.24) is 15.2 Å². The first kappa shape index (κ1) is 18.5. The number of para-hydroxylation sites is 1. The summed E-state index contributed by atoms with van der Waals surface area (Å²) in [6, 6.07) is 10.9. The lowest BCUT2D eigenvalue weighted by Crippen LogP contribution is -2.35. The van der Waals surface area contributed by atoms with E-state index in [0.717, 1.165) is 16.5 Å². The summed E-state index contributed by atoms with van der Waals surface area (Å²) < 4.78 is 7.05. The molecular weight excluding hydrogens is 346 g/mol. The van der Waals surface area contributed by atoms with E-state index < -0.39 is 11.8 Å². The lowest BCUT2D eigenvalue weighted by atomic mass is 10.1. The van der Waals surface area contributed by atoms with Crippen molar-refractivity contribution in [2.24, 2.45) is 7.05 Å². The minimum Gasteiger partial charge on any atom is -0.459 e. The lowest BCUT2D eigenvalue weighted by Gasteiger charge is -2.09. The third kappa shape index (κ3) is 4.27. The highest BCUT2D eigenvalue weighted by Gasteiger charge is 2.17. The molecule has 0 fully saturated rings. The van der Waals surface area contributed by atoms with E-state index in [0.29, 0.717) is 13.0 Å². The van der Waals surface area contributed by atoms with Crippen LogP contribution in [-0.4, -0.2) is 34.6 Å². The second kappa shape index (κ2) is 8.37. The van der Waals surface area contributed by atoms with Gasteiger partial charge in [0.15, 0.2) is 5.76 Å². The smallest absolute Gasteiger partial charge is 0.291 e. The number of aromatic nitrogens is 1. The Labute approximate surface area is 156 Å². The quantitative estimate of drug-likeness (QED) is 0.440. The van der Waals surface area contributed by atoms with Gasteiger partial charge in [-0.1, -0.05) is 18.2 Å². The molecule has 0 aliphatic heterocycles. The van der Waals surface area contributed by atoms with Gasteiger partial charge in [-0.05, 0) is 30.7 Å². The van der Waals surface area contributed by atoms with E-state index in [1.807, 2.05) is 42.1 Å². The molecule has 0 unspecified atom stereocenters. The van der Waals surface area contributed by atoms with Crippen LogP contribution in [0.5, 0.6) is 0 Å². The molecule has 2 aromatic heterocycles. The molecule has 0 aliphatic rings. The van der Waals surface area contributed by atoms with E-state index in [2.05, 4.69) is 10.6 Å². The molecule has 0 radical (unpaired) electrons. The molecule has 140 valence electrons. The Kier molecular flexibility index (Phi) is 5.73. The summed E-state index contributed by atoms with van der Waals surface area (Å²) in [6.45, 7) is 0.278. The lowest BCUT2D eigenvalue weighted by molar-refractivity contribution is -0.117. The fraction of sp³-hybridized carbons (Fsp3) is 0.200. The SMILES string of the molecule is Cn1cc(/C=C(\NC(=O)c2ccco2)C(=O)NCCCO)c2ccccc21. The summed E-state index contributed by atoms with van der Waals surface area (Å²) >= 11 is 0. The highest BCUT2D eigenvalue weighted by molar-refractivity contribution is 6.05. The number of carbonyl (C=O) groups is 2. The molecular formula is C20H21N3O4. The van der Waals surface area contributed by atoms with Crippen molar-refractivity contribution in [3.63, 3.8) is 0 Å². The zero-order valence-corrected chi connectivity index (χ0v) is 14.9. The van der Waals surface area contributed by atoms with Crippen LogP contribution in [0.2, 0.25) is 0 Å². The summed E-state index contributed by atoms with van der Waals surface area (Å²) in [5.74, 6) is -0.831. The van der Waals surface area contributed by atoms with Gasteiger partial charge in [0, 0.05) is 42.9 Å². The predicted octanol–water partition coefficient (Wildman–Crippen LogP) is 2.04. The van der Waals surface area contributed by atoms with Crippen LogP contribution >= 0.6 is 0 Å². The Morgan fingerprint density at radius 2 is 2.04 bits per heavy atom. The molecule has 0 bridgehead atoms. The van der Waals surface area contributed by atoms with Gasteiger partial charge in [-0.2, -0.15) is 0 Å². The average Bonchev–Trinajstić information content (AvgIpc) is 3.31. The Bertz CT molecular complexity index is 970. The highest BCUT2D eigenvalue weighted by atomic mass is 16.3. The maximum atomic E-state index is 12.6. The van der Waals surface area contributed by atoms with Gasteiger partial charge in [-0.25, -0.2) is 0 Å². The molecule has 3 rings (SSSR count). The van der Waals surface area contributed by atoms with E-state index in [9.17, 15) is 9.59 Å². The Hall–Kier alpha value is -3.32. The van der Waals surface area contributed by atoms with Crippen molar-refractivity contribution in [1.29, 1.82) is 0 Å². The number of aliphatic hydroxyl groups excluding tert-OH is 1. The topological polar surface area (TPSA) is 96.5 Å². The molecule has 7 heteroatoms. The van der Waals surface area contributed by atoms with Crippen molar-refractivity contribution >= 4 is 28.8 Å². The van der Waals surface area contributed by atoms with Crippen LogP contribution < -0.4 is 10.6 Å². The molecule has 0 aliphatic carbocycles. The molecule has 0 saturated heterocycles. The number of nitrogens with zero attached hydrogens (tertiary/aromatic N) is 1. The van der Waals surface area contributed by atoms with Crippen LogP contribution in [0.15, 0.2) is 59.0 Å². The maximum Gasteiger partial charge on any atom is 0.291 e. The van der Waals surface area contributed by atoms with E-state index in [-0.39, 0.29) is 18.1 Å². The number of nitrogens with one attached hydrogen (secondary N) is 2. The molecule has 0 spiro atoms. The fourth-order valence-electron chi connectivity index (χ4n) is 2.77. The van der Waals surface area contributed by atoms with Gasteiger partial charge >= 0.3 is 0 Å². The number of aliphatic hydroxyl groups is 1. The number of benzene rings is 1. The third-order valence-electron chi connectivity index (χ3n) is 4.09. The number of carbonyl (C=O) groups excluding carboxylic acids is 2. The number of hydrogen-bond acceptors (Lipinski definition) is 4. The summed E-state index contributed by atoms with van der Waals surface area (Å²) in [5, 5.41) is 15.2. The van der Waals surface area contributed by atoms with Crippen LogP contribution in [0.4, 0.5) is 0 Å². The van der Waals surface area contributed by atoms with Crippen molar-refractivity contribution < 1.29 is 19.1 Å². The van der Waals surface area contributed by atoms with Gasteiger partial charge in [-0.3, -0.25) is 9.59 Å². The minimum atomic E-state index is -0.510. The number of fused-ring (bicyclic) bond motifs is 1. The first-order chi connectivity index (χ1) is 13.1. The number of amides is 2. The summed E-state index contributed by atoms with van der Waals surface area (Å²) in [4.78, 5) is 24.9. The zero-order valence-electron chi connectivity index (χ0n) is 14.9. The third-order valence-corrected chi connectivity index (χ3v) is 4.09. The van der Waals surface area contributed by atoms with Gasteiger partial charge in [0.2, 0.25) is 0 Å². The van der Waals surface area contributed by atoms with E-state index in [1.165, 1.54) is 12.3 Å². The number of furan rings is 1. The zero-order chi connectivity index (χ0) is 19.2. The standard InChI is InChI=1S/C20H21N3O4/c1-23-13-14(15-6-2-3-7-17(15)23)12-16(19(25)21-9-5-10-24)22-20(26)18-8-4-11-27-18/h2-4,6-8,11-13,24H,5,9-10H2,1H3,(H,21,25)(H,22,26)/b16-12-. The Morgan fingerprint density at radius 3 is 2.78 bits per heavy atom. The Balaban J connectivity index is 1.93. The second-order valence-electron chi connectivity index (χ2n) is 6.03. The normalized spacial score (nSPS) is 11.6. The van der Waals surface area contributed by atoms with Crippen LogP contribution in [-0.2, 0) is 11.8 Å². The monoisotopic (exact) mass is 367 g/mol. The molecule has 7 nitrogen and oxygen atoms in total. The summed E-state index contributed by atoms with van der Waals surface area (Å²) in [5.41, 5.74) is 1.92. The fourth-order valence-corrected chi connectivity index (χ4v) is 2.77. The van der Waals surface area contributed by atoms with Crippen molar-refractivity contribution in [3.05, 3.63) is 65.9 Å². The van der Waals surface area contributed by atoms with Crippen LogP contribution in [0.3, 0.4) is 0 Å². The van der Waals surface area contributed by atoms with Crippen molar-refractivity contribution in [3.8, 4) is 0 Å². The first-order valence-corrected chi connectivity index (χ1v) is 8.60. The summed E-state index contributed by atoms with van der Waals surface area (Å²) in [6.07, 6.45) is 5.35. The second-order valence-corrected chi connectivity index (χ2v) is 6.03. The van der Waals surface area contributed by atoms with Gasteiger partial charge in [-0.15, -0.1) is 0 Å². The average molecular weight is 367 g/mol. The number of hydrogen-bond donors (Lipinski definition) is 3. The summed E-state index contributed by atoms with van der Waals surface area (Å²) in [7, 11) is 1.92. The minimum absolute atomic E-state index is 0.0264. The molecule has 27 heavy (non-hydrogen) atoms. The molecule has 3 aromatic rings. The molecule has 0 saturated carbocycles. The molecule has 2 heterocycles. The van der Waals surface area contributed by atoms with Gasteiger partial charge in [0.05, 0.1) is 6.26 Å². The van der Waals surface area contributed by atoms with Crippen LogP contribution in [0, 0.1) is 0 Å². The highest BCUT2D eigenvalue weighted by Crippen LogP contribution is 2.22. The van der Waals surface area contributed by atoms with Gasteiger partial charge in [0.1, 0.15) is 5.70 Å². The van der Waals surface area contributed by atoms with E-state index in [1.54, 1.807) is 12.1 Å². The largest absolute Gasteiger partial charge is 0.459 e. The maximum absolute atomic E-state index is 12.6. The number of rotatable bonds is 7.